The molecular weight excluding hydrogens is 476 g/mol. The maximum Gasteiger partial charge on any atom is 0.573 e. The molecule has 1 heterocycles. The number of likely N-dealkylation sites (tertiary alicyclic amines) is 1. The lowest BCUT2D eigenvalue weighted by Crippen LogP contribution is -2.41. The van der Waals surface area contributed by atoms with Crippen LogP contribution in [0, 0.1) is 5.82 Å². The molecule has 1 saturated heterocycles. The summed E-state index contributed by atoms with van der Waals surface area (Å²) in [7, 11) is 3.03. The highest BCUT2D eigenvalue weighted by Gasteiger charge is 2.31. The Labute approximate surface area is 201 Å². The van der Waals surface area contributed by atoms with E-state index in [0.29, 0.717) is 6.07 Å². The van der Waals surface area contributed by atoms with Crippen molar-refractivity contribution in [3.8, 4) is 5.75 Å². The predicted octanol–water partition coefficient (Wildman–Crippen LogP) is 3.68. The predicted molar refractivity (Wildman–Crippen MR) is 119 cm³/mol. The monoisotopic (exact) mass is 508 g/mol. The summed E-state index contributed by atoms with van der Waals surface area (Å²) in [5.74, 6) is -1.76. The smallest absolute Gasteiger partial charge is 0.469 e. The van der Waals surface area contributed by atoms with E-state index in [9.17, 15) is 31.9 Å². The molecule has 1 aromatic carbocycles. The van der Waals surface area contributed by atoms with E-state index in [1.165, 1.54) is 20.5 Å². The van der Waals surface area contributed by atoms with Gasteiger partial charge in [0.2, 0.25) is 0 Å². The Morgan fingerprint density at radius 3 is 2.17 bits per heavy atom. The van der Waals surface area contributed by atoms with Crippen molar-refractivity contribution in [1.29, 1.82) is 0 Å². The van der Waals surface area contributed by atoms with Crippen LogP contribution in [-0.4, -0.2) is 62.6 Å². The number of nitrogens with one attached hydrogen (secondary N) is 3. The van der Waals surface area contributed by atoms with E-state index in [1.54, 1.807) is 7.05 Å². The number of carbonyl (C=O) groups excluding carboxylic acids is 3. The molecule has 3 N–H and O–H groups in total. The highest BCUT2D eigenvalue weighted by molar-refractivity contribution is 5.74. The van der Waals surface area contributed by atoms with Crippen LogP contribution in [0.15, 0.2) is 18.2 Å². The summed E-state index contributed by atoms with van der Waals surface area (Å²) in [6.45, 7) is 3.11. The topological polar surface area (TPSA) is 109 Å². The van der Waals surface area contributed by atoms with E-state index in [-0.39, 0.29) is 30.2 Å². The van der Waals surface area contributed by atoms with Gasteiger partial charge in [0.25, 0.3) is 0 Å². The van der Waals surface area contributed by atoms with Crippen molar-refractivity contribution in [2.45, 2.75) is 58.0 Å². The largest absolute Gasteiger partial charge is 0.573 e. The van der Waals surface area contributed by atoms with E-state index < -0.39 is 24.0 Å². The van der Waals surface area contributed by atoms with Gasteiger partial charge in [-0.15, -0.1) is 13.2 Å². The van der Waals surface area contributed by atoms with Gasteiger partial charge in [-0.1, -0.05) is 6.07 Å². The molecule has 1 aromatic rings. The summed E-state index contributed by atoms with van der Waals surface area (Å²) in [4.78, 5) is 33.8. The average Bonchev–Trinajstić information content (AvgIpc) is 3.62. The number of alkyl halides is 3. The minimum atomic E-state index is -4.86. The normalized spacial score (nSPS) is 14.8. The molecule has 198 valence electrons. The van der Waals surface area contributed by atoms with Gasteiger partial charge < -0.3 is 30.3 Å². The van der Waals surface area contributed by atoms with Crippen LogP contribution in [0.25, 0.3) is 0 Å². The van der Waals surface area contributed by atoms with Gasteiger partial charge in [-0.25, -0.2) is 14.0 Å². The fourth-order valence-electron chi connectivity index (χ4n) is 2.76. The number of ether oxygens (including phenoxy) is 2. The zero-order valence-corrected chi connectivity index (χ0v) is 20.0. The molecule has 1 saturated carbocycles. The lowest BCUT2D eigenvalue weighted by Gasteiger charge is -2.25. The fourth-order valence-corrected chi connectivity index (χ4v) is 2.76. The molecule has 0 unspecified atom stereocenters. The lowest BCUT2D eigenvalue weighted by molar-refractivity contribution is -0.274. The summed E-state index contributed by atoms with van der Waals surface area (Å²) in [6.07, 6.45) is 0.571. The number of urea groups is 2. The first-order valence-corrected chi connectivity index (χ1v) is 11.0. The SMILES string of the molecule is CNC(=O)N1CCCCC1.COC(C)=O.O=C(NCc1ccc(OC(F)(F)F)cc1F)NC1CC1. The molecule has 3 rings (SSSR count). The van der Waals surface area contributed by atoms with E-state index in [2.05, 4.69) is 25.4 Å². The second-order valence-corrected chi connectivity index (χ2v) is 7.70. The Hall–Kier alpha value is -3.25. The molecule has 0 bridgehead atoms. The third-order valence-electron chi connectivity index (χ3n) is 4.75. The molecule has 9 nitrogen and oxygen atoms in total. The summed E-state index contributed by atoms with van der Waals surface area (Å²) >= 11 is 0. The second-order valence-electron chi connectivity index (χ2n) is 7.70. The molecule has 13 heteroatoms. The first-order valence-electron chi connectivity index (χ1n) is 11.0. The Kier molecular flexibility index (Phi) is 12.7. The fraction of sp³-hybridized carbons (Fsp3) is 0.591. The van der Waals surface area contributed by atoms with Gasteiger partial charge in [0.05, 0.1) is 7.11 Å². The van der Waals surface area contributed by atoms with E-state index in [0.717, 1.165) is 50.9 Å². The number of methoxy groups -OCH3 is 1. The van der Waals surface area contributed by atoms with Crippen LogP contribution < -0.4 is 20.7 Å². The van der Waals surface area contributed by atoms with Gasteiger partial charge in [0.1, 0.15) is 11.6 Å². The van der Waals surface area contributed by atoms with Gasteiger partial charge in [-0.05, 0) is 38.2 Å². The molecule has 0 spiro atoms. The number of piperidine rings is 1. The molecular formula is C22H32F4N4O5. The van der Waals surface area contributed by atoms with Gasteiger partial charge >= 0.3 is 24.4 Å². The molecule has 1 aliphatic heterocycles. The molecule has 4 amide bonds. The minimum absolute atomic E-state index is 0.0692. The van der Waals surface area contributed by atoms with Gasteiger partial charge in [-0.3, -0.25) is 4.79 Å². The summed E-state index contributed by atoms with van der Waals surface area (Å²) in [5, 5.41) is 7.69. The molecule has 2 aliphatic rings. The van der Waals surface area contributed by atoms with Crippen molar-refractivity contribution in [1.82, 2.24) is 20.9 Å². The first-order chi connectivity index (χ1) is 16.4. The molecule has 1 aliphatic carbocycles. The zero-order valence-electron chi connectivity index (χ0n) is 20.0. The van der Waals surface area contributed by atoms with Crippen molar-refractivity contribution in [3.05, 3.63) is 29.6 Å². The highest BCUT2D eigenvalue weighted by atomic mass is 19.4. The number of nitrogens with zero attached hydrogens (tertiary/aromatic N) is 1. The van der Waals surface area contributed by atoms with Crippen LogP contribution in [0.2, 0.25) is 0 Å². The number of hydrogen-bond acceptors (Lipinski definition) is 5. The third kappa shape index (κ3) is 13.9. The van der Waals surface area contributed by atoms with Crippen LogP contribution >= 0.6 is 0 Å². The standard InChI is InChI=1S/C12H12F4N2O2.C7H14N2O.C3H6O2/c13-10-5-9(20-12(14,15)16)4-1-7(10)6-17-11(19)18-8-2-3-8;1-8-7(10)9-5-3-2-4-6-9;1-3(4)5-2/h1,4-5,8H,2-3,6H2,(H2,17,18,19);2-6H2,1H3,(H,8,10);1-2H3. The van der Waals surface area contributed by atoms with Crippen molar-refractivity contribution in [2.24, 2.45) is 0 Å². The van der Waals surface area contributed by atoms with Crippen molar-refractivity contribution >= 4 is 18.0 Å². The average molecular weight is 509 g/mol. The lowest BCUT2D eigenvalue weighted by atomic mass is 10.1. The zero-order chi connectivity index (χ0) is 26.4. The summed E-state index contributed by atoms with van der Waals surface area (Å²) in [5.41, 5.74) is 0.0745. The number of rotatable bonds is 4. The number of hydrogen-bond donors (Lipinski definition) is 3. The van der Waals surface area contributed by atoms with Gasteiger partial charge in [0.15, 0.2) is 0 Å². The maximum atomic E-state index is 13.5. The summed E-state index contributed by atoms with van der Waals surface area (Å²) in [6, 6.07) is 2.56. The Bertz CT molecular complexity index is 829. The van der Waals surface area contributed by atoms with E-state index >= 15 is 0 Å². The Morgan fingerprint density at radius 2 is 1.71 bits per heavy atom. The number of amides is 4. The number of carbonyl (C=O) groups is 3. The van der Waals surface area contributed by atoms with E-state index in [4.69, 9.17) is 0 Å². The van der Waals surface area contributed by atoms with Crippen LogP contribution in [0.1, 0.15) is 44.6 Å². The first kappa shape index (κ1) is 29.8. The number of benzene rings is 1. The molecule has 0 radical (unpaired) electrons. The molecule has 2 fully saturated rings. The summed E-state index contributed by atoms with van der Waals surface area (Å²) < 4.78 is 57.1. The highest BCUT2D eigenvalue weighted by Crippen LogP contribution is 2.24. The van der Waals surface area contributed by atoms with Crippen molar-refractivity contribution < 1.29 is 41.4 Å². The number of halogens is 4. The minimum Gasteiger partial charge on any atom is -0.469 e. The van der Waals surface area contributed by atoms with E-state index in [1.807, 2.05) is 4.90 Å². The van der Waals surface area contributed by atoms with Crippen LogP contribution in [-0.2, 0) is 16.1 Å². The quantitative estimate of drug-likeness (QED) is 0.425. The van der Waals surface area contributed by atoms with Gasteiger partial charge in [-0.2, -0.15) is 0 Å². The molecule has 35 heavy (non-hydrogen) atoms. The molecule has 0 aromatic heterocycles. The Morgan fingerprint density at radius 1 is 1.11 bits per heavy atom. The third-order valence-corrected chi connectivity index (χ3v) is 4.75. The van der Waals surface area contributed by atoms with Crippen molar-refractivity contribution in [2.75, 3.05) is 27.2 Å². The molecule has 0 atom stereocenters. The number of esters is 1. The van der Waals surface area contributed by atoms with Gasteiger partial charge in [0, 0.05) is 51.3 Å². The van der Waals surface area contributed by atoms with Crippen molar-refractivity contribution in [3.63, 3.8) is 0 Å². The Balaban J connectivity index is 0.000000338. The van der Waals surface area contributed by atoms with Crippen LogP contribution in [0.4, 0.5) is 27.2 Å². The van der Waals surface area contributed by atoms with Crippen LogP contribution in [0.5, 0.6) is 5.75 Å². The maximum absolute atomic E-state index is 13.5. The van der Waals surface area contributed by atoms with Crippen LogP contribution in [0.3, 0.4) is 0 Å². The second kappa shape index (κ2) is 14.9.